The maximum Gasteiger partial charge on any atom is 0.261 e. The number of halogens is 3. The zero-order valence-electron chi connectivity index (χ0n) is 9.88. The Morgan fingerprint density at radius 3 is 2.89 bits per heavy atom. The molecule has 0 atom stereocenters. The summed E-state index contributed by atoms with van der Waals surface area (Å²) in [6.45, 7) is 1.54. The number of ether oxygens (including phenoxy) is 1. The summed E-state index contributed by atoms with van der Waals surface area (Å²) >= 11 is 3.33. The lowest BCUT2D eigenvalue weighted by Crippen LogP contribution is -2.28. The second-order valence-corrected chi connectivity index (χ2v) is 4.45. The third-order valence-corrected chi connectivity index (χ3v) is 3.26. The summed E-state index contributed by atoms with van der Waals surface area (Å²) in [7, 11) is 0. The van der Waals surface area contributed by atoms with Crippen LogP contribution >= 0.6 is 15.9 Å². The van der Waals surface area contributed by atoms with Crippen LogP contribution in [0.1, 0.15) is 15.9 Å². The third kappa shape index (κ3) is 4.70. The molecular formula is C12H14BrF2NO2. The van der Waals surface area contributed by atoms with Gasteiger partial charge in [-0.15, -0.1) is 0 Å². The molecule has 18 heavy (non-hydrogen) atoms. The van der Waals surface area contributed by atoms with E-state index in [4.69, 9.17) is 0 Å². The molecule has 0 aliphatic heterocycles. The molecule has 0 heterocycles. The van der Waals surface area contributed by atoms with E-state index in [1.807, 2.05) is 13.0 Å². The largest absolute Gasteiger partial charge is 0.374 e. The van der Waals surface area contributed by atoms with E-state index in [0.29, 0.717) is 5.56 Å². The van der Waals surface area contributed by atoms with Gasteiger partial charge < -0.3 is 10.1 Å². The second-order valence-electron chi connectivity index (χ2n) is 3.66. The average Bonchev–Trinajstić information content (AvgIpc) is 2.31. The number of aryl methyl sites for hydroxylation is 1. The van der Waals surface area contributed by atoms with E-state index in [9.17, 15) is 13.6 Å². The number of carbonyl (C=O) groups is 1. The van der Waals surface area contributed by atoms with Gasteiger partial charge in [-0.2, -0.15) is 0 Å². The Labute approximate surface area is 113 Å². The first-order valence-electron chi connectivity index (χ1n) is 5.41. The first kappa shape index (κ1) is 15.0. The number of hydrogen-bond donors (Lipinski definition) is 1. The molecule has 1 rings (SSSR count). The van der Waals surface area contributed by atoms with Crippen molar-refractivity contribution in [3.05, 3.63) is 33.8 Å². The van der Waals surface area contributed by atoms with E-state index in [-0.39, 0.29) is 19.1 Å². The smallest absolute Gasteiger partial charge is 0.261 e. The van der Waals surface area contributed by atoms with Crippen molar-refractivity contribution in [2.45, 2.75) is 13.3 Å². The molecule has 0 unspecified atom stereocenters. The van der Waals surface area contributed by atoms with Crippen LogP contribution in [0.25, 0.3) is 0 Å². The molecule has 0 saturated carbocycles. The van der Waals surface area contributed by atoms with E-state index in [1.54, 1.807) is 12.1 Å². The molecule has 3 nitrogen and oxygen atoms in total. The fraction of sp³-hybridized carbons (Fsp3) is 0.417. The molecule has 1 aromatic carbocycles. The minimum Gasteiger partial charge on any atom is -0.374 e. The maximum atomic E-state index is 11.8. The SMILES string of the molecule is Cc1cccc(C(=O)NCCOCC(F)F)c1Br. The number of nitrogens with one attached hydrogen (secondary N) is 1. The number of benzene rings is 1. The minimum atomic E-state index is -2.48. The van der Waals surface area contributed by atoms with Crippen LogP contribution in [0.5, 0.6) is 0 Å². The van der Waals surface area contributed by atoms with Crippen molar-refractivity contribution in [2.24, 2.45) is 0 Å². The van der Waals surface area contributed by atoms with Crippen molar-refractivity contribution >= 4 is 21.8 Å². The number of carbonyl (C=O) groups excluding carboxylic acids is 1. The Morgan fingerprint density at radius 2 is 2.22 bits per heavy atom. The molecule has 0 saturated heterocycles. The number of hydrogen-bond acceptors (Lipinski definition) is 2. The highest BCUT2D eigenvalue weighted by Crippen LogP contribution is 2.20. The highest BCUT2D eigenvalue weighted by Gasteiger charge is 2.10. The highest BCUT2D eigenvalue weighted by molar-refractivity contribution is 9.10. The molecule has 0 bridgehead atoms. The molecule has 1 aromatic rings. The monoisotopic (exact) mass is 321 g/mol. The number of alkyl halides is 2. The lowest BCUT2D eigenvalue weighted by molar-refractivity contribution is 0.0188. The molecule has 0 spiro atoms. The summed E-state index contributed by atoms with van der Waals surface area (Å²) in [5.74, 6) is -0.258. The summed E-state index contributed by atoms with van der Waals surface area (Å²) in [6.07, 6.45) is -2.48. The Bertz CT molecular complexity index is 413. The van der Waals surface area contributed by atoms with Crippen LogP contribution in [0.15, 0.2) is 22.7 Å². The molecule has 100 valence electrons. The van der Waals surface area contributed by atoms with Crippen molar-refractivity contribution in [2.75, 3.05) is 19.8 Å². The first-order valence-corrected chi connectivity index (χ1v) is 6.21. The highest BCUT2D eigenvalue weighted by atomic mass is 79.9. The van der Waals surface area contributed by atoms with Gasteiger partial charge in [0.05, 0.1) is 12.2 Å². The van der Waals surface area contributed by atoms with Gasteiger partial charge in [0.25, 0.3) is 12.3 Å². The van der Waals surface area contributed by atoms with E-state index in [1.165, 1.54) is 0 Å². The second kappa shape index (κ2) is 7.43. The van der Waals surface area contributed by atoms with Gasteiger partial charge in [-0.1, -0.05) is 12.1 Å². The summed E-state index contributed by atoms with van der Waals surface area (Å²) in [4.78, 5) is 11.8. The predicted molar refractivity (Wildman–Crippen MR) is 68.0 cm³/mol. The standard InChI is InChI=1S/C12H14BrF2NO2/c1-8-3-2-4-9(11(8)13)12(17)16-5-6-18-7-10(14)15/h2-4,10H,5-7H2,1H3,(H,16,17). The fourth-order valence-corrected chi connectivity index (χ4v) is 1.77. The Morgan fingerprint density at radius 1 is 1.50 bits per heavy atom. The lowest BCUT2D eigenvalue weighted by atomic mass is 10.1. The van der Waals surface area contributed by atoms with Gasteiger partial charge >= 0.3 is 0 Å². The zero-order chi connectivity index (χ0) is 13.5. The topological polar surface area (TPSA) is 38.3 Å². The van der Waals surface area contributed by atoms with Gasteiger partial charge in [0.1, 0.15) is 6.61 Å². The molecule has 6 heteroatoms. The Kier molecular flexibility index (Phi) is 6.21. The van der Waals surface area contributed by atoms with Crippen molar-refractivity contribution in [1.29, 1.82) is 0 Å². The van der Waals surface area contributed by atoms with Crippen LogP contribution in [-0.4, -0.2) is 32.1 Å². The molecule has 0 radical (unpaired) electrons. The molecular weight excluding hydrogens is 308 g/mol. The van der Waals surface area contributed by atoms with Crippen LogP contribution < -0.4 is 5.32 Å². The first-order chi connectivity index (χ1) is 8.52. The van der Waals surface area contributed by atoms with Crippen molar-refractivity contribution in [1.82, 2.24) is 5.32 Å². The van der Waals surface area contributed by atoms with Gasteiger partial charge in [0, 0.05) is 11.0 Å². The summed E-state index contributed by atoms with van der Waals surface area (Å²) in [6, 6.07) is 5.35. The molecule has 0 aliphatic carbocycles. The van der Waals surface area contributed by atoms with Crippen molar-refractivity contribution in [3.63, 3.8) is 0 Å². The molecule has 0 aromatic heterocycles. The fourth-order valence-electron chi connectivity index (χ4n) is 1.33. The van der Waals surface area contributed by atoms with Gasteiger partial charge in [-0.05, 0) is 34.5 Å². The van der Waals surface area contributed by atoms with Gasteiger partial charge in [0.15, 0.2) is 0 Å². The van der Waals surface area contributed by atoms with Gasteiger partial charge in [-0.25, -0.2) is 8.78 Å². The van der Waals surface area contributed by atoms with E-state index in [2.05, 4.69) is 26.0 Å². The Balaban J connectivity index is 2.39. The summed E-state index contributed by atoms with van der Waals surface area (Å²) in [5, 5.41) is 2.60. The average molecular weight is 322 g/mol. The molecule has 1 amide bonds. The third-order valence-electron chi connectivity index (χ3n) is 2.21. The Hall–Kier alpha value is -1.01. The van der Waals surface area contributed by atoms with Crippen LogP contribution in [-0.2, 0) is 4.74 Å². The maximum absolute atomic E-state index is 11.8. The minimum absolute atomic E-state index is 0.0690. The molecule has 0 fully saturated rings. The summed E-state index contributed by atoms with van der Waals surface area (Å²) in [5.41, 5.74) is 1.47. The predicted octanol–water partition coefficient (Wildman–Crippen LogP) is 2.77. The molecule has 0 aliphatic rings. The molecule has 1 N–H and O–H groups in total. The van der Waals surface area contributed by atoms with E-state index in [0.717, 1.165) is 10.0 Å². The van der Waals surface area contributed by atoms with E-state index >= 15 is 0 Å². The quantitative estimate of drug-likeness (QED) is 0.818. The number of rotatable bonds is 6. The van der Waals surface area contributed by atoms with Gasteiger partial charge in [-0.3, -0.25) is 4.79 Å². The van der Waals surface area contributed by atoms with Crippen LogP contribution in [0, 0.1) is 6.92 Å². The van der Waals surface area contributed by atoms with E-state index < -0.39 is 13.0 Å². The van der Waals surface area contributed by atoms with Crippen molar-refractivity contribution < 1.29 is 18.3 Å². The zero-order valence-corrected chi connectivity index (χ0v) is 11.5. The number of amides is 1. The van der Waals surface area contributed by atoms with Crippen LogP contribution in [0.3, 0.4) is 0 Å². The van der Waals surface area contributed by atoms with Crippen LogP contribution in [0.4, 0.5) is 8.78 Å². The summed E-state index contributed by atoms with van der Waals surface area (Å²) < 4.78 is 28.9. The normalized spacial score (nSPS) is 10.7. The lowest BCUT2D eigenvalue weighted by Gasteiger charge is -2.08. The van der Waals surface area contributed by atoms with Crippen LogP contribution in [0.2, 0.25) is 0 Å². The van der Waals surface area contributed by atoms with Crippen molar-refractivity contribution in [3.8, 4) is 0 Å². The van der Waals surface area contributed by atoms with Gasteiger partial charge in [0.2, 0.25) is 0 Å².